The van der Waals surface area contributed by atoms with Gasteiger partial charge in [0.2, 0.25) is 5.91 Å². The Morgan fingerprint density at radius 3 is 2.52 bits per heavy atom. The van der Waals surface area contributed by atoms with E-state index in [0.29, 0.717) is 13.2 Å². The van der Waals surface area contributed by atoms with E-state index in [9.17, 15) is 4.79 Å². The molecule has 0 radical (unpaired) electrons. The van der Waals surface area contributed by atoms with Crippen LogP contribution >= 0.6 is 0 Å². The van der Waals surface area contributed by atoms with Crippen LogP contribution in [0.25, 0.3) is 11.1 Å². The zero-order chi connectivity index (χ0) is 19.1. The van der Waals surface area contributed by atoms with Gasteiger partial charge in [-0.1, -0.05) is 66.2 Å². The third-order valence-corrected chi connectivity index (χ3v) is 4.43. The van der Waals surface area contributed by atoms with Crippen LogP contribution in [0.4, 0.5) is 0 Å². The average molecular weight is 359 g/mol. The predicted molar refractivity (Wildman–Crippen MR) is 110 cm³/mol. The molecule has 0 atom stereocenters. The van der Waals surface area contributed by atoms with Crippen LogP contribution in [0.2, 0.25) is 0 Å². The Morgan fingerprint density at radius 2 is 1.78 bits per heavy atom. The van der Waals surface area contributed by atoms with Gasteiger partial charge < -0.3 is 10.1 Å². The first-order chi connectivity index (χ1) is 13.1. The van der Waals surface area contributed by atoms with Crippen molar-refractivity contribution in [2.45, 2.75) is 26.9 Å². The van der Waals surface area contributed by atoms with Crippen LogP contribution in [0.1, 0.15) is 23.6 Å². The highest BCUT2D eigenvalue weighted by Crippen LogP contribution is 2.29. The van der Waals surface area contributed by atoms with E-state index in [1.807, 2.05) is 24.3 Å². The number of rotatable bonds is 7. The van der Waals surface area contributed by atoms with Gasteiger partial charge >= 0.3 is 0 Å². The highest BCUT2D eigenvalue weighted by molar-refractivity contribution is 5.73. The van der Waals surface area contributed by atoms with E-state index in [4.69, 9.17) is 4.74 Å². The van der Waals surface area contributed by atoms with E-state index < -0.39 is 0 Å². The van der Waals surface area contributed by atoms with Crippen molar-refractivity contribution in [2.75, 3.05) is 6.54 Å². The second-order valence-electron chi connectivity index (χ2n) is 6.70. The second-order valence-corrected chi connectivity index (χ2v) is 6.70. The van der Waals surface area contributed by atoms with Gasteiger partial charge in [0.1, 0.15) is 12.4 Å². The number of amides is 1. The maximum atomic E-state index is 11.2. The van der Waals surface area contributed by atoms with Gasteiger partial charge in [0.25, 0.3) is 0 Å². The fraction of sp³-hybridized carbons (Fsp3) is 0.208. The summed E-state index contributed by atoms with van der Waals surface area (Å²) < 4.78 is 6.01. The minimum Gasteiger partial charge on any atom is -0.489 e. The Morgan fingerprint density at radius 1 is 0.963 bits per heavy atom. The molecule has 0 saturated carbocycles. The molecule has 138 valence electrons. The molecule has 0 unspecified atom stereocenters. The second kappa shape index (κ2) is 9.04. The van der Waals surface area contributed by atoms with Gasteiger partial charge in [0.05, 0.1) is 0 Å². The fourth-order valence-electron chi connectivity index (χ4n) is 3.06. The van der Waals surface area contributed by atoms with Gasteiger partial charge in [-0.15, -0.1) is 0 Å². The topological polar surface area (TPSA) is 38.3 Å². The fourth-order valence-corrected chi connectivity index (χ4v) is 3.06. The number of hydrogen-bond acceptors (Lipinski definition) is 2. The van der Waals surface area contributed by atoms with Crippen LogP contribution in [0.5, 0.6) is 5.75 Å². The Labute approximate surface area is 161 Å². The number of benzene rings is 3. The van der Waals surface area contributed by atoms with Crippen molar-refractivity contribution in [3.8, 4) is 16.9 Å². The summed E-state index contributed by atoms with van der Waals surface area (Å²) in [5.41, 5.74) is 5.87. The van der Waals surface area contributed by atoms with Crippen LogP contribution in [0, 0.1) is 6.92 Å². The summed E-state index contributed by atoms with van der Waals surface area (Å²) in [6, 6.07) is 24.8. The van der Waals surface area contributed by atoms with E-state index in [1.54, 1.807) is 6.92 Å². The molecule has 0 saturated heterocycles. The molecule has 3 heteroatoms. The average Bonchev–Trinajstić information content (AvgIpc) is 2.67. The number of nitrogens with one attached hydrogen (secondary N) is 1. The minimum atomic E-state index is -0.00470. The molecular formula is C24H25NO2. The smallest absolute Gasteiger partial charge is 0.216 e. The van der Waals surface area contributed by atoms with Crippen molar-refractivity contribution in [3.63, 3.8) is 0 Å². The summed E-state index contributed by atoms with van der Waals surface area (Å²) in [7, 11) is 0. The molecule has 0 heterocycles. The van der Waals surface area contributed by atoms with Crippen LogP contribution in [-0.4, -0.2) is 12.5 Å². The highest BCUT2D eigenvalue weighted by Gasteiger charge is 2.08. The number of carbonyl (C=O) groups excluding carboxylic acids is 1. The predicted octanol–water partition coefficient (Wildman–Crippen LogP) is 4.92. The molecule has 3 aromatic rings. The van der Waals surface area contributed by atoms with Gasteiger partial charge in [0.15, 0.2) is 0 Å². The van der Waals surface area contributed by atoms with E-state index in [-0.39, 0.29) is 5.91 Å². The Bertz CT molecular complexity index is 903. The van der Waals surface area contributed by atoms with Gasteiger partial charge in [-0.2, -0.15) is 0 Å². The molecule has 0 aliphatic heterocycles. The molecule has 3 nitrogen and oxygen atoms in total. The SMILES string of the molecule is CC(=O)NCCc1ccc(OCc2ccccc2)cc1-c1cccc(C)c1. The minimum absolute atomic E-state index is 0.00470. The standard InChI is InChI=1S/C24H25NO2/c1-18-7-6-10-22(15-18)24-16-23(27-17-20-8-4-3-5-9-20)12-11-21(24)13-14-25-19(2)26/h3-12,15-16H,13-14,17H2,1-2H3,(H,25,26). The zero-order valence-corrected chi connectivity index (χ0v) is 15.9. The molecule has 1 N–H and O–H groups in total. The first kappa shape index (κ1) is 18.7. The summed E-state index contributed by atoms with van der Waals surface area (Å²) in [5.74, 6) is 0.841. The maximum Gasteiger partial charge on any atom is 0.216 e. The molecule has 0 spiro atoms. The third-order valence-electron chi connectivity index (χ3n) is 4.43. The van der Waals surface area contributed by atoms with Crippen molar-refractivity contribution in [3.05, 3.63) is 89.5 Å². The molecule has 0 aliphatic rings. The van der Waals surface area contributed by atoms with E-state index in [0.717, 1.165) is 28.9 Å². The van der Waals surface area contributed by atoms with Gasteiger partial charge in [-0.05, 0) is 47.7 Å². The lowest BCUT2D eigenvalue weighted by atomic mass is 9.96. The molecular weight excluding hydrogens is 334 g/mol. The number of ether oxygens (including phenoxy) is 1. The third kappa shape index (κ3) is 5.45. The zero-order valence-electron chi connectivity index (χ0n) is 15.9. The summed E-state index contributed by atoms with van der Waals surface area (Å²) >= 11 is 0. The summed E-state index contributed by atoms with van der Waals surface area (Å²) in [6.07, 6.45) is 0.780. The van der Waals surface area contributed by atoms with Gasteiger partial charge in [-0.25, -0.2) is 0 Å². The highest BCUT2D eigenvalue weighted by atomic mass is 16.5. The molecule has 0 bridgehead atoms. The summed E-state index contributed by atoms with van der Waals surface area (Å²) in [6.45, 7) is 4.80. The Kier molecular flexibility index (Phi) is 6.26. The summed E-state index contributed by atoms with van der Waals surface area (Å²) in [5, 5.41) is 2.88. The van der Waals surface area contributed by atoms with Crippen molar-refractivity contribution in [1.82, 2.24) is 5.32 Å². The molecule has 1 amide bonds. The largest absolute Gasteiger partial charge is 0.489 e. The van der Waals surface area contributed by atoms with Crippen LogP contribution in [0.15, 0.2) is 72.8 Å². The Balaban J connectivity index is 1.84. The first-order valence-electron chi connectivity index (χ1n) is 9.23. The summed E-state index contributed by atoms with van der Waals surface area (Å²) in [4.78, 5) is 11.2. The van der Waals surface area contributed by atoms with E-state index >= 15 is 0 Å². The molecule has 0 fully saturated rings. The van der Waals surface area contributed by atoms with Crippen LogP contribution in [0.3, 0.4) is 0 Å². The van der Waals surface area contributed by atoms with Gasteiger partial charge in [-0.3, -0.25) is 4.79 Å². The molecule has 27 heavy (non-hydrogen) atoms. The lowest BCUT2D eigenvalue weighted by molar-refractivity contribution is -0.118. The van der Waals surface area contributed by atoms with Crippen molar-refractivity contribution in [1.29, 1.82) is 0 Å². The molecule has 0 aliphatic carbocycles. The number of carbonyl (C=O) groups is 1. The normalized spacial score (nSPS) is 10.4. The Hall–Kier alpha value is -3.07. The molecule has 3 rings (SSSR count). The van der Waals surface area contributed by atoms with Crippen molar-refractivity contribution >= 4 is 5.91 Å². The molecule has 3 aromatic carbocycles. The first-order valence-corrected chi connectivity index (χ1v) is 9.23. The van der Waals surface area contributed by atoms with Crippen molar-refractivity contribution < 1.29 is 9.53 Å². The number of hydrogen-bond donors (Lipinski definition) is 1. The van der Waals surface area contributed by atoms with E-state index in [2.05, 4.69) is 60.8 Å². The van der Waals surface area contributed by atoms with E-state index in [1.165, 1.54) is 11.1 Å². The quantitative estimate of drug-likeness (QED) is 0.650. The molecule has 0 aromatic heterocycles. The lowest BCUT2D eigenvalue weighted by Gasteiger charge is -2.14. The van der Waals surface area contributed by atoms with Crippen molar-refractivity contribution in [2.24, 2.45) is 0 Å². The monoisotopic (exact) mass is 359 g/mol. The lowest BCUT2D eigenvalue weighted by Crippen LogP contribution is -2.22. The van der Waals surface area contributed by atoms with Crippen LogP contribution < -0.4 is 10.1 Å². The van der Waals surface area contributed by atoms with Gasteiger partial charge in [0, 0.05) is 13.5 Å². The number of aryl methyl sites for hydroxylation is 1. The maximum absolute atomic E-state index is 11.2. The van der Waals surface area contributed by atoms with Crippen LogP contribution in [-0.2, 0) is 17.8 Å².